The van der Waals surface area contributed by atoms with E-state index in [4.69, 9.17) is 0 Å². The highest BCUT2D eigenvalue weighted by atomic mass is 79.9. The molecule has 0 fully saturated rings. The topological polar surface area (TPSA) is 15.3 Å². The van der Waals surface area contributed by atoms with Crippen LogP contribution in [0.15, 0.2) is 22.7 Å². The molecule has 0 aliphatic heterocycles. The molecule has 1 aromatic carbocycles. The van der Waals surface area contributed by atoms with Gasteiger partial charge in [0.05, 0.1) is 0 Å². The molecule has 1 atom stereocenters. The quantitative estimate of drug-likeness (QED) is 0.895. The molecule has 0 saturated carbocycles. The molecule has 1 rings (SSSR count). The van der Waals surface area contributed by atoms with Gasteiger partial charge in [0.1, 0.15) is 0 Å². The molecule has 0 aliphatic carbocycles. The fourth-order valence-electron chi connectivity index (χ4n) is 1.42. The van der Waals surface area contributed by atoms with Crippen molar-refractivity contribution in [3.63, 3.8) is 0 Å². The summed E-state index contributed by atoms with van der Waals surface area (Å²) < 4.78 is 1.18. The van der Waals surface area contributed by atoms with Crippen LogP contribution in [-0.2, 0) is 6.54 Å². The van der Waals surface area contributed by atoms with Crippen LogP contribution < -0.4 is 5.32 Å². The number of hydrogen-bond donors (Lipinski definition) is 1. The number of nitrogens with one attached hydrogen (secondary N) is 1. The molecule has 2 nitrogen and oxygen atoms in total. The first-order chi connectivity index (χ1) is 7.50. The first-order valence-corrected chi connectivity index (χ1v) is 6.42. The Morgan fingerprint density at radius 2 is 2.06 bits per heavy atom. The van der Waals surface area contributed by atoms with Crippen LogP contribution in [0, 0.1) is 6.92 Å². The molecule has 0 radical (unpaired) electrons. The van der Waals surface area contributed by atoms with E-state index in [1.54, 1.807) is 0 Å². The van der Waals surface area contributed by atoms with Crippen molar-refractivity contribution in [3.8, 4) is 0 Å². The van der Waals surface area contributed by atoms with Gasteiger partial charge in [0, 0.05) is 23.6 Å². The fourth-order valence-corrected chi connectivity index (χ4v) is 1.67. The third kappa shape index (κ3) is 4.24. The lowest BCUT2D eigenvalue weighted by atomic mass is 10.1. The largest absolute Gasteiger partial charge is 0.311 e. The Hall–Kier alpha value is -0.380. The Morgan fingerprint density at radius 1 is 1.38 bits per heavy atom. The van der Waals surface area contributed by atoms with Crippen molar-refractivity contribution in [1.82, 2.24) is 10.2 Å². The SMILES string of the molecule is Cc1cc(CNCC(C)N(C)C)ccc1Br. The van der Waals surface area contributed by atoms with Crippen LogP contribution in [0.4, 0.5) is 0 Å². The van der Waals surface area contributed by atoms with E-state index in [0.717, 1.165) is 13.1 Å². The number of rotatable bonds is 5. The van der Waals surface area contributed by atoms with Crippen molar-refractivity contribution in [2.45, 2.75) is 26.4 Å². The molecular weight excluding hydrogens is 264 g/mol. The lowest BCUT2D eigenvalue weighted by Crippen LogP contribution is -2.35. The zero-order chi connectivity index (χ0) is 12.1. The van der Waals surface area contributed by atoms with Gasteiger partial charge < -0.3 is 10.2 Å². The minimum atomic E-state index is 0.566. The van der Waals surface area contributed by atoms with E-state index in [1.807, 2.05) is 0 Å². The van der Waals surface area contributed by atoms with E-state index >= 15 is 0 Å². The summed E-state index contributed by atoms with van der Waals surface area (Å²) in [5.74, 6) is 0. The van der Waals surface area contributed by atoms with Gasteiger partial charge in [0.25, 0.3) is 0 Å². The van der Waals surface area contributed by atoms with Crippen molar-refractivity contribution >= 4 is 15.9 Å². The maximum absolute atomic E-state index is 3.51. The van der Waals surface area contributed by atoms with E-state index in [-0.39, 0.29) is 0 Å². The summed E-state index contributed by atoms with van der Waals surface area (Å²) in [6.07, 6.45) is 0. The number of halogens is 1. The second kappa shape index (κ2) is 6.38. The van der Waals surface area contributed by atoms with Crippen LogP contribution in [0.2, 0.25) is 0 Å². The van der Waals surface area contributed by atoms with E-state index in [2.05, 4.69) is 72.3 Å². The molecule has 3 heteroatoms. The molecule has 0 heterocycles. The predicted octanol–water partition coefficient (Wildman–Crippen LogP) is 2.80. The predicted molar refractivity (Wildman–Crippen MR) is 73.7 cm³/mol. The van der Waals surface area contributed by atoms with Crippen LogP contribution >= 0.6 is 15.9 Å². The van der Waals surface area contributed by atoms with Gasteiger partial charge in [-0.25, -0.2) is 0 Å². The molecule has 1 aromatic rings. The fraction of sp³-hybridized carbons (Fsp3) is 0.538. The summed E-state index contributed by atoms with van der Waals surface area (Å²) in [6.45, 7) is 6.30. The summed E-state index contributed by atoms with van der Waals surface area (Å²) in [5.41, 5.74) is 2.63. The lowest BCUT2D eigenvalue weighted by molar-refractivity contribution is 0.302. The Morgan fingerprint density at radius 3 is 2.62 bits per heavy atom. The number of likely N-dealkylation sites (N-methyl/N-ethyl adjacent to an activating group) is 1. The summed E-state index contributed by atoms with van der Waals surface area (Å²) in [7, 11) is 4.21. The van der Waals surface area contributed by atoms with Crippen LogP contribution in [0.5, 0.6) is 0 Å². The van der Waals surface area contributed by atoms with Crippen molar-refractivity contribution in [3.05, 3.63) is 33.8 Å². The van der Waals surface area contributed by atoms with Gasteiger partial charge in [-0.15, -0.1) is 0 Å². The third-order valence-corrected chi connectivity index (χ3v) is 3.76. The number of benzene rings is 1. The zero-order valence-electron chi connectivity index (χ0n) is 10.5. The molecule has 0 bridgehead atoms. The summed E-state index contributed by atoms with van der Waals surface area (Å²) in [6, 6.07) is 7.06. The van der Waals surface area contributed by atoms with Gasteiger partial charge in [0.2, 0.25) is 0 Å². The molecule has 0 spiro atoms. The van der Waals surface area contributed by atoms with Gasteiger partial charge in [0.15, 0.2) is 0 Å². The molecule has 0 saturated heterocycles. The molecular formula is C13H21BrN2. The van der Waals surface area contributed by atoms with Crippen molar-refractivity contribution < 1.29 is 0 Å². The lowest BCUT2D eigenvalue weighted by Gasteiger charge is -2.20. The van der Waals surface area contributed by atoms with E-state index < -0.39 is 0 Å². The first kappa shape index (κ1) is 13.7. The maximum atomic E-state index is 3.51. The average molecular weight is 285 g/mol. The highest BCUT2D eigenvalue weighted by molar-refractivity contribution is 9.10. The van der Waals surface area contributed by atoms with E-state index in [0.29, 0.717) is 6.04 Å². The highest BCUT2D eigenvalue weighted by Gasteiger charge is 2.03. The number of hydrogen-bond acceptors (Lipinski definition) is 2. The minimum Gasteiger partial charge on any atom is -0.311 e. The second-order valence-electron chi connectivity index (χ2n) is 4.53. The van der Waals surface area contributed by atoms with E-state index in [9.17, 15) is 0 Å². The first-order valence-electron chi connectivity index (χ1n) is 5.63. The Kier molecular flexibility index (Phi) is 5.46. The monoisotopic (exact) mass is 284 g/mol. The smallest absolute Gasteiger partial charge is 0.0206 e. The molecule has 1 unspecified atom stereocenters. The van der Waals surface area contributed by atoms with Crippen molar-refractivity contribution in [2.75, 3.05) is 20.6 Å². The van der Waals surface area contributed by atoms with Crippen molar-refractivity contribution in [1.29, 1.82) is 0 Å². The Labute approximate surface area is 107 Å². The zero-order valence-corrected chi connectivity index (χ0v) is 12.1. The van der Waals surface area contributed by atoms with Crippen LogP contribution in [0.25, 0.3) is 0 Å². The van der Waals surface area contributed by atoms with Gasteiger partial charge in [-0.3, -0.25) is 0 Å². The standard InChI is InChI=1S/C13H21BrN2/c1-10-7-12(5-6-13(10)14)9-15-8-11(2)16(3)4/h5-7,11,15H,8-9H2,1-4H3. The number of nitrogens with zero attached hydrogens (tertiary/aromatic N) is 1. The summed E-state index contributed by atoms with van der Waals surface area (Å²) >= 11 is 3.51. The molecule has 0 amide bonds. The molecule has 16 heavy (non-hydrogen) atoms. The van der Waals surface area contributed by atoms with Gasteiger partial charge in [-0.1, -0.05) is 28.1 Å². The normalized spacial score (nSPS) is 13.1. The van der Waals surface area contributed by atoms with E-state index in [1.165, 1.54) is 15.6 Å². The Balaban J connectivity index is 2.40. The molecule has 0 aliphatic rings. The molecule has 90 valence electrons. The summed E-state index contributed by atoms with van der Waals surface area (Å²) in [5, 5.41) is 3.47. The Bertz CT molecular complexity index is 337. The van der Waals surface area contributed by atoms with Crippen LogP contribution in [0.3, 0.4) is 0 Å². The molecule has 1 N–H and O–H groups in total. The number of aryl methyl sites for hydroxylation is 1. The van der Waals surface area contributed by atoms with Gasteiger partial charge in [-0.05, 0) is 45.1 Å². The summed E-state index contributed by atoms with van der Waals surface area (Å²) in [4.78, 5) is 2.22. The van der Waals surface area contributed by atoms with Crippen molar-refractivity contribution in [2.24, 2.45) is 0 Å². The van der Waals surface area contributed by atoms with Gasteiger partial charge >= 0.3 is 0 Å². The highest BCUT2D eigenvalue weighted by Crippen LogP contribution is 2.16. The van der Waals surface area contributed by atoms with Crippen LogP contribution in [-0.4, -0.2) is 31.6 Å². The van der Waals surface area contributed by atoms with Crippen LogP contribution in [0.1, 0.15) is 18.1 Å². The average Bonchev–Trinajstić information content (AvgIpc) is 2.23. The third-order valence-electron chi connectivity index (χ3n) is 2.87. The minimum absolute atomic E-state index is 0.566. The maximum Gasteiger partial charge on any atom is 0.0206 e. The second-order valence-corrected chi connectivity index (χ2v) is 5.38. The molecule has 0 aromatic heterocycles. The van der Waals surface area contributed by atoms with Gasteiger partial charge in [-0.2, -0.15) is 0 Å².